The van der Waals surface area contributed by atoms with E-state index in [1.54, 1.807) is 0 Å². The van der Waals surface area contributed by atoms with Crippen LogP contribution >= 0.6 is 11.6 Å². The number of oxazole rings is 1. The molecular formula is C10H12ClF2NO. The molecule has 5 heteroatoms. The predicted octanol–water partition coefficient (Wildman–Crippen LogP) is 3.71. The molecule has 1 unspecified atom stereocenters. The van der Waals surface area contributed by atoms with Gasteiger partial charge in [0.15, 0.2) is 0 Å². The van der Waals surface area contributed by atoms with Gasteiger partial charge in [0.1, 0.15) is 5.76 Å². The molecule has 0 bridgehead atoms. The fourth-order valence-electron chi connectivity index (χ4n) is 1.99. The fourth-order valence-corrected chi connectivity index (χ4v) is 2.12. The number of rotatable bonds is 2. The summed E-state index contributed by atoms with van der Waals surface area (Å²) in [5, 5.41) is 0. The van der Waals surface area contributed by atoms with Crippen molar-refractivity contribution in [3.63, 3.8) is 0 Å². The van der Waals surface area contributed by atoms with Gasteiger partial charge in [-0.05, 0) is 12.8 Å². The van der Waals surface area contributed by atoms with Gasteiger partial charge in [0, 0.05) is 6.42 Å². The summed E-state index contributed by atoms with van der Waals surface area (Å²) >= 11 is 5.51. The van der Waals surface area contributed by atoms with Crippen molar-refractivity contribution < 1.29 is 13.2 Å². The average Bonchev–Trinajstić information content (AvgIpc) is 2.65. The molecule has 0 saturated heterocycles. The smallest absolute Gasteiger partial charge is 0.257 e. The van der Waals surface area contributed by atoms with E-state index in [2.05, 4.69) is 4.98 Å². The highest BCUT2D eigenvalue weighted by Gasteiger charge is 2.44. The maximum absolute atomic E-state index is 13.5. The van der Waals surface area contributed by atoms with E-state index < -0.39 is 11.8 Å². The van der Waals surface area contributed by atoms with Crippen LogP contribution in [-0.4, -0.2) is 10.9 Å². The summed E-state index contributed by atoms with van der Waals surface area (Å²) in [5.74, 6) is -2.78. The molecule has 2 rings (SSSR count). The van der Waals surface area contributed by atoms with Crippen LogP contribution < -0.4 is 0 Å². The number of aromatic nitrogens is 1. The van der Waals surface area contributed by atoms with Gasteiger partial charge in [-0.2, -0.15) is 0 Å². The van der Waals surface area contributed by atoms with E-state index in [1.165, 1.54) is 6.20 Å². The minimum Gasteiger partial charge on any atom is -0.444 e. The van der Waals surface area contributed by atoms with Crippen molar-refractivity contribution in [3.05, 3.63) is 17.8 Å². The quantitative estimate of drug-likeness (QED) is 0.731. The molecule has 0 radical (unpaired) electrons. The van der Waals surface area contributed by atoms with Gasteiger partial charge in [0.05, 0.1) is 18.0 Å². The van der Waals surface area contributed by atoms with Crippen molar-refractivity contribution in [1.29, 1.82) is 0 Å². The molecule has 1 aliphatic rings. The summed E-state index contributed by atoms with van der Waals surface area (Å²) in [7, 11) is 0. The van der Waals surface area contributed by atoms with Crippen LogP contribution in [0.1, 0.15) is 43.3 Å². The Kier molecular flexibility index (Phi) is 2.96. The van der Waals surface area contributed by atoms with E-state index in [1.807, 2.05) is 0 Å². The SMILES string of the molecule is FC1(F)CCCCC1c1cnc(CCl)o1. The Morgan fingerprint density at radius 2 is 2.33 bits per heavy atom. The Morgan fingerprint density at radius 3 is 2.93 bits per heavy atom. The molecule has 0 spiro atoms. The van der Waals surface area contributed by atoms with Gasteiger partial charge in [0.2, 0.25) is 5.89 Å². The van der Waals surface area contributed by atoms with Crippen molar-refractivity contribution in [2.45, 2.75) is 43.4 Å². The molecule has 0 N–H and O–H groups in total. The number of alkyl halides is 3. The van der Waals surface area contributed by atoms with Crippen molar-refractivity contribution in [2.24, 2.45) is 0 Å². The summed E-state index contributed by atoms with van der Waals surface area (Å²) in [6, 6.07) is 0. The summed E-state index contributed by atoms with van der Waals surface area (Å²) in [5.41, 5.74) is 0. The zero-order valence-corrected chi connectivity index (χ0v) is 8.94. The molecule has 0 amide bonds. The third-order valence-electron chi connectivity index (χ3n) is 2.79. The Bertz CT molecular complexity index is 340. The molecule has 84 valence electrons. The second-order valence-electron chi connectivity index (χ2n) is 3.85. The van der Waals surface area contributed by atoms with Crippen LogP contribution in [0.3, 0.4) is 0 Å². The molecule has 15 heavy (non-hydrogen) atoms. The van der Waals surface area contributed by atoms with Gasteiger partial charge in [-0.15, -0.1) is 11.6 Å². The van der Waals surface area contributed by atoms with Crippen LogP contribution in [0.2, 0.25) is 0 Å². The standard InChI is InChI=1S/C10H12ClF2NO/c11-5-9-14-6-8(15-9)7-3-1-2-4-10(7,12)13/h6-7H,1-5H2. The lowest BCUT2D eigenvalue weighted by Gasteiger charge is -2.29. The largest absolute Gasteiger partial charge is 0.444 e. The Labute approximate surface area is 91.6 Å². The van der Waals surface area contributed by atoms with Crippen molar-refractivity contribution in [2.75, 3.05) is 0 Å². The third-order valence-corrected chi connectivity index (χ3v) is 3.02. The molecule has 1 saturated carbocycles. The molecule has 0 aliphatic heterocycles. The van der Waals surface area contributed by atoms with E-state index in [4.69, 9.17) is 16.0 Å². The molecule has 1 fully saturated rings. The first-order chi connectivity index (χ1) is 7.13. The van der Waals surface area contributed by atoms with E-state index in [0.29, 0.717) is 18.7 Å². The van der Waals surface area contributed by atoms with Crippen molar-refractivity contribution in [1.82, 2.24) is 4.98 Å². The topological polar surface area (TPSA) is 26.0 Å². The Hall–Kier alpha value is -0.640. The maximum Gasteiger partial charge on any atom is 0.257 e. The molecule has 1 aromatic rings. The summed E-state index contributed by atoms with van der Waals surface area (Å²) in [4.78, 5) is 3.84. The van der Waals surface area contributed by atoms with Gasteiger partial charge in [-0.3, -0.25) is 0 Å². The Balaban J connectivity index is 2.21. The predicted molar refractivity (Wildman–Crippen MR) is 52.2 cm³/mol. The number of halogens is 3. The first-order valence-electron chi connectivity index (χ1n) is 5.02. The number of nitrogens with zero attached hydrogens (tertiary/aromatic N) is 1. The van der Waals surface area contributed by atoms with Gasteiger partial charge >= 0.3 is 0 Å². The van der Waals surface area contributed by atoms with Crippen LogP contribution in [0, 0.1) is 0 Å². The van der Waals surface area contributed by atoms with Crippen molar-refractivity contribution in [3.8, 4) is 0 Å². The van der Waals surface area contributed by atoms with Gasteiger partial charge < -0.3 is 4.42 Å². The lowest BCUT2D eigenvalue weighted by molar-refractivity contribution is -0.0604. The molecule has 1 aliphatic carbocycles. The molecule has 1 atom stereocenters. The van der Waals surface area contributed by atoms with Crippen molar-refractivity contribution >= 4 is 11.6 Å². The zero-order valence-electron chi connectivity index (χ0n) is 8.18. The summed E-state index contributed by atoms with van der Waals surface area (Å²) < 4.78 is 32.3. The molecule has 1 aromatic heterocycles. The minimum absolute atomic E-state index is 0.0609. The molecule has 0 aromatic carbocycles. The first-order valence-corrected chi connectivity index (χ1v) is 5.55. The lowest BCUT2D eigenvalue weighted by atomic mass is 9.84. The second-order valence-corrected chi connectivity index (χ2v) is 4.12. The van der Waals surface area contributed by atoms with Crippen LogP contribution in [0.25, 0.3) is 0 Å². The monoisotopic (exact) mass is 235 g/mol. The number of hydrogen-bond acceptors (Lipinski definition) is 2. The number of hydrogen-bond donors (Lipinski definition) is 0. The molecule has 1 heterocycles. The summed E-state index contributed by atoms with van der Waals surface area (Å²) in [6.45, 7) is 0. The second kappa shape index (κ2) is 4.08. The highest BCUT2D eigenvalue weighted by atomic mass is 35.5. The molecular weight excluding hydrogens is 224 g/mol. The van der Waals surface area contributed by atoms with E-state index >= 15 is 0 Å². The van der Waals surface area contributed by atoms with E-state index in [-0.39, 0.29) is 18.1 Å². The highest BCUT2D eigenvalue weighted by Crippen LogP contribution is 2.44. The lowest BCUT2D eigenvalue weighted by Crippen LogP contribution is -2.29. The van der Waals surface area contributed by atoms with Crippen LogP contribution in [0.15, 0.2) is 10.6 Å². The van der Waals surface area contributed by atoms with Crippen LogP contribution in [-0.2, 0) is 5.88 Å². The Morgan fingerprint density at radius 1 is 1.53 bits per heavy atom. The normalized spacial score (nSPS) is 25.4. The van der Waals surface area contributed by atoms with Crippen LogP contribution in [0.4, 0.5) is 8.78 Å². The summed E-state index contributed by atoms with van der Waals surface area (Å²) in [6.07, 6.45) is 3.18. The van der Waals surface area contributed by atoms with Crippen LogP contribution in [0.5, 0.6) is 0 Å². The minimum atomic E-state index is -2.67. The first kappa shape index (κ1) is 10.9. The fraction of sp³-hybridized carbons (Fsp3) is 0.700. The average molecular weight is 236 g/mol. The van der Waals surface area contributed by atoms with Gasteiger partial charge in [0.25, 0.3) is 5.92 Å². The van der Waals surface area contributed by atoms with Gasteiger partial charge in [-0.1, -0.05) is 6.42 Å². The molecule has 2 nitrogen and oxygen atoms in total. The highest BCUT2D eigenvalue weighted by molar-refractivity contribution is 6.16. The maximum atomic E-state index is 13.5. The third kappa shape index (κ3) is 2.14. The van der Waals surface area contributed by atoms with E-state index in [0.717, 1.165) is 6.42 Å². The van der Waals surface area contributed by atoms with E-state index in [9.17, 15) is 8.78 Å². The zero-order chi connectivity index (χ0) is 10.9. The van der Waals surface area contributed by atoms with Gasteiger partial charge in [-0.25, -0.2) is 13.8 Å².